The Bertz CT molecular complexity index is 271. The molecule has 1 aliphatic carbocycles. The van der Waals surface area contributed by atoms with Gasteiger partial charge in [0.05, 0.1) is 6.10 Å². The number of hydrogen-bond donors (Lipinski definition) is 2. The first-order valence-corrected chi connectivity index (χ1v) is 7.56. The highest BCUT2D eigenvalue weighted by Gasteiger charge is 2.37. The molecule has 3 nitrogen and oxygen atoms in total. The van der Waals surface area contributed by atoms with Crippen molar-refractivity contribution in [2.75, 3.05) is 26.2 Å². The van der Waals surface area contributed by atoms with Gasteiger partial charge in [-0.15, -0.1) is 0 Å². The van der Waals surface area contributed by atoms with Gasteiger partial charge in [0, 0.05) is 31.7 Å². The van der Waals surface area contributed by atoms with Crippen LogP contribution in [0.2, 0.25) is 0 Å². The standard InChI is InChI=1S/C15H29NO2/c1-12-4-3-6-15(8-12,11-17)10-16-7-5-14(18)13(2)9-16/h12-14,17-18H,3-11H2,1-2H3. The van der Waals surface area contributed by atoms with Gasteiger partial charge >= 0.3 is 0 Å². The summed E-state index contributed by atoms with van der Waals surface area (Å²) < 4.78 is 0. The van der Waals surface area contributed by atoms with Gasteiger partial charge < -0.3 is 15.1 Å². The van der Waals surface area contributed by atoms with E-state index in [-0.39, 0.29) is 11.5 Å². The Kier molecular flexibility index (Phi) is 4.68. The molecule has 2 N–H and O–H groups in total. The van der Waals surface area contributed by atoms with Crippen LogP contribution in [-0.4, -0.2) is 47.5 Å². The predicted octanol–water partition coefficient (Wildman–Crippen LogP) is 1.88. The van der Waals surface area contributed by atoms with E-state index in [1.807, 2.05) is 0 Å². The van der Waals surface area contributed by atoms with E-state index in [2.05, 4.69) is 18.7 Å². The third-order valence-corrected chi connectivity index (χ3v) is 5.02. The first-order valence-electron chi connectivity index (χ1n) is 7.56. The van der Waals surface area contributed by atoms with E-state index in [1.54, 1.807) is 0 Å². The van der Waals surface area contributed by atoms with E-state index >= 15 is 0 Å². The number of likely N-dealkylation sites (tertiary alicyclic amines) is 1. The zero-order valence-corrected chi connectivity index (χ0v) is 11.9. The van der Waals surface area contributed by atoms with Gasteiger partial charge in [0.1, 0.15) is 0 Å². The van der Waals surface area contributed by atoms with Crippen LogP contribution in [0.25, 0.3) is 0 Å². The minimum absolute atomic E-state index is 0.125. The lowest BCUT2D eigenvalue weighted by atomic mass is 9.70. The van der Waals surface area contributed by atoms with Crippen LogP contribution in [0.1, 0.15) is 46.0 Å². The highest BCUT2D eigenvalue weighted by atomic mass is 16.3. The molecule has 2 rings (SSSR count). The summed E-state index contributed by atoms with van der Waals surface area (Å²) in [5.41, 5.74) is 0.125. The molecule has 0 bridgehead atoms. The summed E-state index contributed by atoms with van der Waals surface area (Å²) in [6.45, 7) is 7.76. The van der Waals surface area contributed by atoms with E-state index in [0.29, 0.717) is 12.5 Å². The first kappa shape index (κ1) is 14.3. The molecule has 0 aromatic heterocycles. The lowest BCUT2D eigenvalue weighted by Crippen LogP contribution is -2.49. The number of piperidine rings is 1. The maximum absolute atomic E-state index is 9.83. The van der Waals surface area contributed by atoms with Gasteiger partial charge in [0.25, 0.3) is 0 Å². The third-order valence-electron chi connectivity index (χ3n) is 5.02. The van der Waals surface area contributed by atoms with Crippen molar-refractivity contribution in [3.8, 4) is 0 Å². The first-order chi connectivity index (χ1) is 8.54. The fourth-order valence-corrected chi connectivity index (χ4v) is 3.94. The van der Waals surface area contributed by atoms with Crippen LogP contribution < -0.4 is 0 Å². The molecule has 1 heterocycles. The fraction of sp³-hybridized carbons (Fsp3) is 1.00. The zero-order chi connectivity index (χ0) is 13.2. The van der Waals surface area contributed by atoms with Crippen molar-refractivity contribution in [1.82, 2.24) is 4.90 Å². The van der Waals surface area contributed by atoms with Gasteiger partial charge in [-0.1, -0.05) is 26.7 Å². The summed E-state index contributed by atoms with van der Waals surface area (Å²) in [4.78, 5) is 2.46. The van der Waals surface area contributed by atoms with Crippen LogP contribution in [-0.2, 0) is 0 Å². The number of hydrogen-bond acceptors (Lipinski definition) is 3. The second-order valence-corrected chi connectivity index (χ2v) is 6.93. The Morgan fingerprint density at radius 2 is 2.06 bits per heavy atom. The number of nitrogens with zero attached hydrogens (tertiary/aromatic N) is 1. The molecule has 1 saturated carbocycles. The molecule has 0 aromatic rings. The van der Waals surface area contributed by atoms with Crippen molar-refractivity contribution in [2.45, 2.75) is 52.1 Å². The number of aliphatic hydroxyl groups excluding tert-OH is 2. The maximum atomic E-state index is 9.83. The van der Waals surface area contributed by atoms with E-state index in [9.17, 15) is 10.2 Å². The molecule has 0 radical (unpaired) electrons. The molecule has 4 unspecified atom stereocenters. The highest BCUT2D eigenvalue weighted by molar-refractivity contribution is 4.89. The molecular weight excluding hydrogens is 226 g/mol. The minimum atomic E-state index is -0.128. The van der Waals surface area contributed by atoms with Crippen LogP contribution >= 0.6 is 0 Å². The summed E-state index contributed by atoms with van der Waals surface area (Å²) in [6, 6.07) is 0. The topological polar surface area (TPSA) is 43.7 Å². The Balaban J connectivity index is 1.93. The SMILES string of the molecule is CC1CCCC(CO)(CN2CCC(O)C(C)C2)C1. The van der Waals surface area contributed by atoms with Crippen LogP contribution in [0.3, 0.4) is 0 Å². The second kappa shape index (κ2) is 5.89. The lowest BCUT2D eigenvalue weighted by molar-refractivity contribution is -0.0166. The van der Waals surface area contributed by atoms with E-state index in [1.165, 1.54) is 19.3 Å². The lowest BCUT2D eigenvalue weighted by Gasteiger charge is -2.44. The van der Waals surface area contributed by atoms with Crippen LogP contribution in [0, 0.1) is 17.3 Å². The molecule has 18 heavy (non-hydrogen) atoms. The quantitative estimate of drug-likeness (QED) is 0.809. The van der Waals surface area contributed by atoms with Gasteiger partial charge in [0.2, 0.25) is 0 Å². The highest BCUT2D eigenvalue weighted by Crippen LogP contribution is 2.40. The molecule has 0 amide bonds. The third kappa shape index (κ3) is 3.25. The molecule has 2 fully saturated rings. The van der Waals surface area contributed by atoms with Gasteiger partial charge in [-0.2, -0.15) is 0 Å². The Labute approximate surface area is 111 Å². The molecule has 3 heteroatoms. The average Bonchev–Trinajstić information content (AvgIpc) is 2.34. The van der Waals surface area contributed by atoms with Crippen molar-refractivity contribution < 1.29 is 10.2 Å². The van der Waals surface area contributed by atoms with Crippen LogP contribution in [0.15, 0.2) is 0 Å². The summed E-state index contributed by atoms with van der Waals surface area (Å²) >= 11 is 0. The Hall–Kier alpha value is -0.120. The molecule has 4 atom stereocenters. The van der Waals surface area contributed by atoms with E-state index in [0.717, 1.165) is 38.4 Å². The molecule has 0 aromatic carbocycles. The molecule has 2 aliphatic rings. The van der Waals surface area contributed by atoms with Crippen LogP contribution in [0.4, 0.5) is 0 Å². The second-order valence-electron chi connectivity index (χ2n) is 6.93. The van der Waals surface area contributed by atoms with Crippen LogP contribution in [0.5, 0.6) is 0 Å². The summed E-state index contributed by atoms with van der Waals surface area (Å²) in [5.74, 6) is 1.12. The van der Waals surface area contributed by atoms with Crippen molar-refractivity contribution in [1.29, 1.82) is 0 Å². The largest absolute Gasteiger partial charge is 0.396 e. The van der Waals surface area contributed by atoms with Crippen molar-refractivity contribution in [3.05, 3.63) is 0 Å². The van der Waals surface area contributed by atoms with Crippen molar-refractivity contribution >= 4 is 0 Å². The van der Waals surface area contributed by atoms with Gasteiger partial charge in [0.15, 0.2) is 0 Å². The normalized spacial score (nSPS) is 43.0. The number of rotatable bonds is 3. The van der Waals surface area contributed by atoms with Gasteiger partial charge in [-0.3, -0.25) is 0 Å². The van der Waals surface area contributed by atoms with Crippen molar-refractivity contribution in [3.63, 3.8) is 0 Å². The monoisotopic (exact) mass is 255 g/mol. The molecule has 1 aliphatic heterocycles. The minimum Gasteiger partial charge on any atom is -0.396 e. The summed E-state index contributed by atoms with van der Waals surface area (Å²) in [7, 11) is 0. The fourth-order valence-electron chi connectivity index (χ4n) is 3.94. The Morgan fingerprint density at radius 1 is 1.28 bits per heavy atom. The van der Waals surface area contributed by atoms with Crippen molar-refractivity contribution in [2.24, 2.45) is 17.3 Å². The molecule has 0 spiro atoms. The zero-order valence-electron chi connectivity index (χ0n) is 11.9. The smallest absolute Gasteiger partial charge is 0.0590 e. The van der Waals surface area contributed by atoms with E-state index in [4.69, 9.17) is 0 Å². The summed E-state index contributed by atoms with van der Waals surface area (Å²) in [6.07, 6.45) is 5.66. The summed E-state index contributed by atoms with van der Waals surface area (Å²) in [5, 5.41) is 19.6. The maximum Gasteiger partial charge on any atom is 0.0590 e. The Morgan fingerprint density at radius 3 is 2.67 bits per heavy atom. The predicted molar refractivity (Wildman–Crippen MR) is 73.4 cm³/mol. The van der Waals surface area contributed by atoms with E-state index < -0.39 is 0 Å². The molecule has 1 saturated heterocycles. The average molecular weight is 255 g/mol. The number of aliphatic hydroxyl groups is 2. The van der Waals surface area contributed by atoms with Gasteiger partial charge in [-0.05, 0) is 31.1 Å². The molecular formula is C15H29NO2. The molecule has 106 valence electrons. The van der Waals surface area contributed by atoms with Gasteiger partial charge in [-0.25, -0.2) is 0 Å².